The number of nitrogens with zero attached hydrogens (tertiary/aromatic N) is 4. The van der Waals surface area contributed by atoms with Crippen LogP contribution < -0.4 is 16.6 Å². The highest BCUT2D eigenvalue weighted by Crippen LogP contribution is 2.20. The lowest BCUT2D eigenvalue weighted by atomic mass is 10.5. The van der Waals surface area contributed by atoms with Crippen molar-refractivity contribution >= 4 is 33.0 Å². The molecule has 0 spiro atoms. The number of imidazole rings is 1. The Morgan fingerprint density at radius 3 is 2.62 bits per heavy atom. The highest BCUT2D eigenvalue weighted by atomic mass is 79.9. The quantitative estimate of drug-likeness (QED) is 0.749. The number of fused-ring (bicyclic) bond motifs is 1. The van der Waals surface area contributed by atoms with Crippen LogP contribution in [0.3, 0.4) is 0 Å². The molecule has 0 unspecified atom stereocenters. The van der Waals surface area contributed by atoms with E-state index < -0.39 is 11.2 Å². The summed E-state index contributed by atoms with van der Waals surface area (Å²) in [4.78, 5) is 40.2. The molecule has 1 N–H and O–H groups in total. The van der Waals surface area contributed by atoms with Gasteiger partial charge in [0.15, 0.2) is 15.9 Å². The number of halogens is 1. The number of amides is 1. The third kappa shape index (κ3) is 2.31. The minimum absolute atomic E-state index is 0.00797. The van der Waals surface area contributed by atoms with Gasteiger partial charge in [-0.05, 0) is 28.8 Å². The molecule has 1 aliphatic carbocycles. The minimum atomic E-state index is -0.477. The summed E-state index contributed by atoms with van der Waals surface area (Å²) >= 11 is 3.25. The minimum Gasteiger partial charge on any atom is -0.352 e. The molecule has 3 rings (SSSR count). The van der Waals surface area contributed by atoms with Crippen molar-refractivity contribution in [1.29, 1.82) is 0 Å². The van der Waals surface area contributed by atoms with Crippen LogP contribution in [0.25, 0.3) is 11.2 Å². The zero-order valence-corrected chi connectivity index (χ0v) is 13.2. The molecule has 9 heteroatoms. The molecule has 112 valence electrons. The zero-order valence-electron chi connectivity index (χ0n) is 11.6. The second-order valence-electron chi connectivity index (χ2n) is 5.19. The van der Waals surface area contributed by atoms with Gasteiger partial charge in [-0.25, -0.2) is 9.78 Å². The Balaban J connectivity index is 2.14. The van der Waals surface area contributed by atoms with Crippen LogP contribution in [0.5, 0.6) is 0 Å². The fourth-order valence-electron chi connectivity index (χ4n) is 2.25. The van der Waals surface area contributed by atoms with Gasteiger partial charge in [0.1, 0.15) is 6.54 Å². The van der Waals surface area contributed by atoms with E-state index in [0.29, 0.717) is 10.4 Å². The van der Waals surface area contributed by atoms with Crippen molar-refractivity contribution < 1.29 is 4.79 Å². The van der Waals surface area contributed by atoms with Crippen molar-refractivity contribution in [1.82, 2.24) is 24.0 Å². The van der Waals surface area contributed by atoms with Crippen molar-refractivity contribution in [2.24, 2.45) is 14.1 Å². The summed E-state index contributed by atoms with van der Waals surface area (Å²) in [5.74, 6) is -0.161. The van der Waals surface area contributed by atoms with E-state index in [9.17, 15) is 14.4 Å². The molecule has 2 heterocycles. The summed E-state index contributed by atoms with van der Waals surface area (Å²) in [6.45, 7) is 0.00797. The van der Waals surface area contributed by atoms with Gasteiger partial charge in [0.25, 0.3) is 5.56 Å². The van der Waals surface area contributed by atoms with Crippen LogP contribution in [0.1, 0.15) is 12.8 Å². The number of rotatable bonds is 3. The van der Waals surface area contributed by atoms with Crippen molar-refractivity contribution in [3.63, 3.8) is 0 Å². The molecule has 2 aromatic rings. The largest absolute Gasteiger partial charge is 0.352 e. The van der Waals surface area contributed by atoms with Crippen LogP contribution in [0.2, 0.25) is 0 Å². The van der Waals surface area contributed by atoms with Crippen molar-refractivity contribution in [3.05, 3.63) is 25.6 Å². The lowest BCUT2D eigenvalue weighted by Crippen LogP contribution is -2.38. The van der Waals surface area contributed by atoms with Crippen LogP contribution in [-0.2, 0) is 25.4 Å². The molecule has 0 saturated heterocycles. The van der Waals surface area contributed by atoms with E-state index in [2.05, 4.69) is 26.2 Å². The smallest absolute Gasteiger partial charge is 0.332 e. The average molecular weight is 356 g/mol. The van der Waals surface area contributed by atoms with Crippen LogP contribution in [0, 0.1) is 0 Å². The first kappa shape index (κ1) is 14.1. The van der Waals surface area contributed by atoms with Gasteiger partial charge < -0.3 is 5.32 Å². The van der Waals surface area contributed by atoms with Crippen LogP contribution in [-0.4, -0.2) is 30.6 Å². The summed E-state index contributed by atoms with van der Waals surface area (Å²) < 4.78 is 4.19. The molecule has 1 aliphatic rings. The number of hydrogen-bond acceptors (Lipinski definition) is 4. The van der Waals surface area contributed by atoms with Crippen molar-refractivity contribution in [3.8, 4) is 0 Å². The highest BCUT2D eigenvalue weighted by Gasteiger charge is 2.25. The number of aryl methyl sites for hydroxylation is 1. The van der Waals surface area contributed by atoms with E-state index in [4.69, 9.17) is 0 Å². The van der Waals surface area contributed by atoms with Crippen LogP contribution >= 0.6 is 15.9 Å². The molecule has 8 nitrogen and oxygen atoms in total. The number of nitrogens with one attached hydrogen (secondary N) is 1. The Morgan fingerprint density at radius 1 is 1.33 bits per heavy atom. The third-order valence-corrected chi connectivity index (χ3v) is 4.14. The molecule has 1 amide bonds. The summed E-state index contributed by atoms with van der Waals surface area (Å²) in [5.41, 5.74) is -0.439. The summed E-state index contributed by atoms with van der Waals surface area (Å²) in [6.07, 6.45) is 1.99. The number of carbonyl (C=O) groups excluding carboxylic acids is 1. The molecule has 0 aromatic carbocycles. The van der Waals surface area contributed by atoms with Crippen molar-refractivity contribution in [2.45, 2.75) is 25.4 Å². The maximum absolute atomic E-state index is 12.1. The Kier molecular flexibility index (Phi) is 3.23. The molecule has 1 saturated carbocycles. The highest BCUT2D eigenvalue weighted by molar-refractivity contribution is 9.10. The first-order valence-electron chi connectivity index (χ1n) is 6.51. The van der Waals surface area contributed by atoms with E-state index in [1.165, 1.54) is 16.2 Å². The van der Waals surface area contributed by atoms with Gasteiger partial charge in [-0.2, -0.15) is 0 Å². The topological polar surface area (TPSA) is 90.9 Å². The van der Waals surface area contributed by atoms with E-state index >= 15 is 0 Å². The second kappa shape index (κ2) is 4.83. The van der Waals surface area contributed by atoms with Gasteiger partial charge >= 0.3 is 5.69 Å². The maximum atomic E-state index is 12.1. The molecule has 0 radical (unpaired) electrons. The lowest BCUT2D eigenvalue weighted by molar-refractivity contribution is -0.121. The van der Waals surface area contributed by atoms with Gasteiger partial charge in [0.2, 0.25) is 5.91 Å². The second-order valence-corrected chi connectivity index (χ2v) is 5.90. The fourth-order valence-corrected chi connectivity index (χ4v) is 2.72. The molecular formula is C12H14BrN5O3. The Bertz CT molecular complexity index is 858. The van der Waals surface area contributed by atoms with Crippen LogP contribution in [0.4, 0.5) is 0 Å². The van der Waals surface area contributed by atoms with Gasteiger partial charge in [-0.3, -0.25) is 23.3 Å². The SMILES string of the molecule is Cn1c(=O)c2nc(Br)n(CC(=O)NC3CC3)c2n(C)c1=O. The number of aromatic nitrogens is 4. The Labute approximate surface area is 127 Å². The van der Waals surface area contributed by atoms with Crippen molar-refractivity contribution in [2.75, 3.05) is 0 Å². The average Bonchev–Trinajstić information content (AvgIpc) is 3.18. The Hall–Kier alpha value is -1.90. The van der Waals surface area contributed by atoms with E-state index in [-0.39, 0.29) is 24.0 Å². The first-order chi connectivity index (χ1) is 9.90. The van der Waals surface area contributed by atoms with E-state index in [1.807, 2.05) is 0 Å². The fraction of sp³-hybridized carbons (Fsp3) is 0.500. The monoisotopic (exact) mass is 355 g/mol. The van der Waals surface area contributed by atoms with Gasteiger partial charge in [0, 0.05) is 20.1 Å². The molecule has 1 fully saturated rings. The molecule has 0 bridgehead atoms. The first-order valence-corrected chi connectivity index (χ1v) is 7.30. The third-order valence-electron chi connectivity index (χ3n) is 3.54. The predicted octanol–water partition coefficient (Wildman–Crippen LogP) is -0.525. The standard InChI is InChI=1S/C12H14BrN5O3/c1-16-9-8(10(20)17(2)12(16)21)15-11(13)18(9)5-7(19)14-6-3-4-6/h6H,3-5H2,1-2H3,(H,14,19). The zero-order chi connectivity index (χ0) is 15.3. The molecule has 2 aromatic heterocycles. The molecule has 21 heavy (non-hydrogen) atoms. The van der Waals surface area contributed by atoms with Gasteiger partial charge in [0.05, 0.1) is 0 Å². The van der Waals surface area contributed by atoms with Gasteiger partial charge in [-0.1, -0.05) is 0 Å². The molecule has 0 atom stereocenters. The maximum Gasteiger partial charge on any atom is 0.332 e. The summed E-state index contributed by atoms with van der Waals surface area (Å²) in [5, 5.41) is 2.87. The van der Waals surface area contributed by atoms with E-state index in [0.717, 1.165) is 17.4 Å². The molecule has 0 aliphatic heterocycles. The summed E-state index contributed by atoms with van der Waals surface area (Å²) in [7, 11) is 2.95. The Morgan fingerprint density at radius 2 is 2.00 bits per heavy atom. The van der Waals surface area contributed by atoms with Crippen LogP contribution in [0.15, 0.2) is 14.3 Å². The van der Waals surface area contributed by atoms with Gasteiger partial charge in [-0.15, -0.1) is 0 Å². The van der Waals surface area contributed by atoms with E-state index in [1.54, 1.807) is 7.05 Å². The predicted molar refractivity (Wildman–Crippen MR) is 79.1 cm³/mol. The number of carbonyl (C=O) groups is 1. The number of hydrogen-bond donors (Lipinski definition) is 1. The lowest BCUT2D eigenvalue weighted by Gasteiger charge is -2.09. The molecular weight excluding hydrogens is 342 g/mol. The normalized spacial score (nSPS) is 14.6. The summed E-state index contributed by atoms with van der Waals surface area (Å²) in [6, 6.07) is 0.253.